The van der Waals surface area contributed by atoms with E-state index in [9.17, 15) is 14.0 Å². The summed E-state index contributed by atoms with van der Waals surface area (Å²) in [6.07, 6.45) is 3.49. The molecular formula is C13H15FN2O3. The normalized spacial score (nSPS) is 19.1. The highest BCUT2D eigenvalue weighted by atomic mass is 19.1. The fraction of sp³-hybridized carbons (Fsp3) is 0.462. The highest BCUT2D eigenvalue weighted by Gasteiger charge is 2.33. The molecule has 1 atom stereocenters. The molecule has 2 rings (SSSR count). The van der Waals surface area contributed by atoms with Crippen LogP contribution in [0.15, 0.2) is 18.3 Å². The maximum absolute atomic E-state index is 12.7. The number of hydrogen-bond acceptors (Lipinski definition) is 4. The van der Waals surface area contributed by atoms with Crippen LogP contribution in [0.25, 0.3) is 0 Å². The molecule has 0 aliphatic carbocycles. The SMILES string of the molecule is COC(=O)[C@H]1CCCCN1C(=O)c1ccc(F)nc1. The molecule has 0 spiro atoms. The summed E-state index contributed by atoms with van der Waals surface area (Å²) in [6, 6.07) is 1.94. The van der Waals surface area contributed by atoms with Crippen LogP contribution in [-0.2, 0) is 9.53 Å². The van der Waals surface area contributed by atoms with Crippen molar-refractivity contribution in [3.05, 3.63) is 29.8 Å². The van der Waals surface area contributed by atoms with E-state index in [0.717, 1.165) is 18.9 Å². The summed E-state index contributed by atoms with van der Waals surface area (Å²) in [7, 11) is 1.30. The van der Waals surface area contributed by atoms with Crippen LogP contribution in [0.5, 0.6) is 0 Å². The minimum Gasteiger partial charge on any atom is -0.467 e. The van der Waals surface area contributed by atoms with Crippen LogP contribution in [0.1, 0.15) is 29.6 Å². The van der Waals surface area contributed by atoms with Gasteiger partial charge in [-0.25, -0.2) is 9.78 Å². The van der Waals surface area contributed by atoms with Crippen molar-refractivity contribution in [2.75, 3.05) is 13.7 Å². The maximum atomic E-state index is 12.7. The second kappa shape index (κ2) is 5.77. The Labute approximate surface area is 110 Å². The summed E-state index contributed by atoms with van der Waals surface area (Å²) in [4.78, 5) is 28.9. The molecule has 102 valence electrons. The fourth-order valence-electron chi connectivity index (χ4n) is 2.22. The predicted octanol–water partition coefficient (Wildman–Crippen LogP) is 1.39. The third-order valence-electron chi connectivity index (χ3n) is 3.21. The Morgan fingerprint density at radius 2 is 2.21 bits per heavy atom. The van der Waals surface area contributed by atoms with Gasteiger partial charge in [-0.05, 0) is 31.4 Å². The first-order valence-electron chi connectivity index (χ1n) is 6.14. The van der Waals surface area contributed by atoms with Crippen molar-refractivity contribution >= 4 is 11.9 Å². The Balaban J connectivity index is 2.20. The molecule has 0 saturated carbocycles. The largest absolute Gasteiger partial charge is 0.467 e. The molecule has 0 N–H and O–H groups in total. The number of methoxy groups -OCH3 is 1. The number of rotatable bonds is 2. The molecule has 1 aromatic heterocycles. The van der Waals surface area contributed by atoms with Crippen LogP contribution in [0, 0.1) is 5.95 Å². The van der Waals surface area contributed by atoms with Crippen LogP contribution in [0.4, 0.5) is 4.39 Å². The van der Waals surface area contributed by atoms with E-state index in [4.69, 9.17) is 4.74 Å². The van der Waals surface area contributed by atoms with E-state index in [-0.39, 0.29) is 11.5 Å². The number of nitrogens with zero attached hydrogens (tertiary/aromatic N) is 2. The number of piperidine rings is 1. The molecule has 0 radical (unpaired) electrons. The number of amides is 1. The van der Waals surface area contributed by atoms with Crippen molar-refractivity contribution in [3.63, 3.8) is 0 Å². The Morgan fingerprint density at radius 3 is 2.84 bits per heavy atom. The molecule has 2 heterocycles. The number of pyridine rings is 1. The predicted molar refractivity (Wildman–Crippen MR) is 64.9 cm³/mol. The van der Waals surface area contributed by atoms with Crippen molar-refractivity contribution in [3.8, 4) is 0 Å². The Kier molecular flexibility index (Phi) is 4.09. The summed E-state index contributed by atoms with van der Waals surface area (Å²) < 4.78 is 17.5. The number of aromatic nitrogens is 1. The second-order valence-corrected chi connectivity index (χ2v) is 4.40. The standard InChI is InChI=1S/C13H15FN2O3/c1-19-13(18)10-4-2-3-7-16(10)12(17)9-5-6-11(14)15-8-9/h5-6,8,10H,2-4,7H2,1H3/t10-/m1/s1. The van der Waals surface area contributed by atoms with Crippen molar-refractivity contribution in [2.45, 2.75) is 25.3 Å². The van der Waals surface area contributed by atoms with Gasteiger partial charge in [-0.3, -0.25) is 4.79 Å². The molecule has 1 amide bonds. The lowest BCUT2D eigenvalue weighted by Crippen LogP contribution is -2.48. The summed E-state index contributed by atoms with van der Waals surface area (Å²) >= 11 is 0. The Hall–Kier alpha value is -1.98. The monoisotopic (exact) mass is 266 g/mol. The molecule has 19 heavy (non-hydrogen) atoms. The van der Waals surface area contributed by atoms with Crippen LogP contribution >= 0.6 is 0 Å². The molecule has 1 aliphatic heterocycles. The van der Waals surface area contributed by atoms with Gasteiger partial charge < -0.3 is 9.64 Å². The van der Waals surface area contributed by atoms with Crippen LogP contribution in [0.3, 0.4) is 0 Å². The minimum atomic E-state index is -0.639. The molecule has 0 aromatic carbocycles. The Bertz CT molecular complexity index is 475. The van der Waals surface area contributed by atoms with E-state index in [2.05, 4.69) is 4.98 Å². The van der Waals surface area contributed by atoms with Gasteiger partial charge in [0, 0.05) is 12.7 Å². The smallest absolute Gasteiger partial charge is 0.328 e. The highest BCUT2D eigenvalue weighted by Crippen LogP contribution is 2.20. The van der Waals surface area contributed by atoms with Crippen molar-refractivity contribution in [2.24, 2.45) is 0 Å². The third kappa shape index (κ3) is 2.89. The Morgan fingerprint density at radius 1 is 1.42 bits per heavy atom. The second-order valence-electron chi connectivity index (χ2n) is 4.40. The lowest BCUT2D eigenvalue weighted by atomic mass is 10.0. The van der Waals surface area contributed by atoms with Gasteiger partial charge in [-0.2, -0.15) is 4.39 Å². The van der Waals surface area contributed by atoms with Gasteiger partial charge in [0.25, 0.3) is 5.91 Å². The molecule has 1 fully saturated rings. The van der Waals surface area contributed by atoms with Gasteiger partial charge in [-0.15, -0.1) is 0 Å². The summed E-state index contributed by atoms with van der Waals surface area (Å²) in [6.45, 7) is 0.496. The van der Waals surface area contributed by atoms with Gasteiger partial charge in [0.1, 0.15) is 6.04 Å². The van der Waals surface area contributed by atoms with Crippen molar-refractivity contribution in [1.82, 2.24) is 9.88 Å². The molecule has 6 heteroatoms. The zero-order valence-corrected chi connectivity index (χ0v) is 10.6. The zero-order valence-electron chi connectivity index (χ0n) is 10.6. The molecule has 1 aliphatic rings. The summed E-state index contributed by atoms with van der Waals surface area (Å²) in [5, 5.41) is 0. The van der Waals surface area contributed by atoms with Gasteiger partial charge in [0.2, 0.25) is 5.95 Å². The first kappa shape index (κ1) is 13.5. The molecule has 5 nitrogen and oxygen atoms in total. The molecule has 1 saturated heterocycles. The highest BCUT2D eigenvalue weighted by molar-refractivity contribution is 5.96. The lowest BCUT2D eigenvalue weighted by molar-refractivity contribution is -0.147. The van der Waals surface area contributed by atoms with Crippen LogP contribution in [0.2, 0.25) is 0 Å². The van der Waals surface area contributed by atoms with Gasteiger partial charge in [0.05, 0.1) is 12.7 Å². The number of hydrogen-bond donors (Lipinski definition) is 0. The molecular weight excluding hydrogens is 251 g/mol. The summed E-state index contributed by atoms with van der Waals surface area (Å²) in [5.74, 6) is -1.37. The average Bonchev–Trinajstić information content (AvgIpc) is 2.46. The number of carbonyl (C=O) groups is 2. The average molecular weight is 266 g/mol. The van der Waals surface area contributed by atoms with Crippen LogP contribution in [-0.4, -0.2) is 41.5 Å². The third-order valence-corrected chi connectivity index (χ3v) is 3.21. The van der Waals surface area contributed by atoms with E-state index in [1.807, 2.05) is 0 Å². The fourth-order valence-corrected chi connectivity index (χ4v) is 2.22. The number of carbonyl (C=O) groups excluding carboxylic acids is 2. The zero-order chi connectivity index (χ0) is 13.8. The topological polar surface area (TPSA) is 59.5 Å². The first-order valence-corrected chi connectivity index (χ1v) is 6.14. The summed E-state index contributed by atoms with van der Waals surface area (Å²) in [5.41, 5.74) is 0.275. The van der Waals surface area contributed by atoms with Crippen molar-refractivity contribution in [1.29, 1.82) is 0 Å². The maximum Gasteiger partial charge on any atom is 0.328 e. The number of esters is 1. The van der Waals surface area contributed by atoms with Gasteiger partial charge in [0.15, 0.2) is 0 Å². The number of halogens is 1. The van der Waals surface area contributed by atoms with E-state index < -0.39 is 18.0 Å². The molecule has 0 unspecified atom stereocenters. The van der Waals surface area contributed by atoms with E-state index >= 15 is 0 Å². The quantitative estimate of drug-likeness (QED) is 0.599. The van der Waals surface area contributed by atoms with E-state index in [1.165, 1.54) is 24.3 Å². The number of ether oxygens (including phenoxy) is 1. The van der Waals surface area contributed by atoms with Gasteiger partial charge >= 0.3 is 5.97 Å². The van der Waals surface area contributed by atoms with Crippen molar-refractivity contribution < 1.29 is 18.7 Å². The molecule has 0 bridgehead atoms. The lowest BCUT2D eigenvalue weighted by Gasteiger charge is -2.33. The van der Waals surface area contributed by atoms with Crippen LogP contribution < -0.4 is 0 Å². The number of likely N-dealkylation sites (tertiary alicyclic amines) is 1. The molecule has 1 aromatic rings. The van der Waals surface area contributed by atoms with E-state index in [1.54, 1.807) is 0 Å². The van der Waals surface area contributed by atoms with Gasteiger partial charge in [-0.1, -0.05) is 0 Å². The minimum absolute atomic E-state index is 0.275. The first-order chi connectivity index (χ1) is 9.13. The van der Waals surface area contributed by atoms with E-state index in [0.29, 0.717) is 13.0 Å².